The molecule has 106 valence electrons. The van der Waals surface area contributed by atoms with Crippen LogP contribution in [0.5, 0.6) is 0 Å². The van der Waals surface area contributed by atoms with Crippen LogP contribution in [0.25, 0.3) is 11.0 Å². The molecule has 2 heterocycles. The van der Waals surface area contributed by atoms with Crippen LogP contribution in [-0.2, 0) is 14.8 Å². The van der Waals surface area contributed by atoms with Crippen LogP contribution in [0, 0.1) is 0 Å². The van der Waals surface area contributed by atoms with Gasteiger partial charge in [0.25, 0.3) is 0 Å². The quantitative estimate of drug-likeness (QED) is 0.872. The number of hydrogen-bond acceptors (Lipinski definition) is 6. The smallest absolute Gasteiger partial charge is 0.228 e. The van der Waals surface area contributed by atoms with Crippen molar-refractivity contribution in [3.63, 3.8) is 0 Å². The highest BCUT2D eigenvalue weighted by Gasteiger charge is 2.38. The highest BCUT2D eigenvalue weighted by atomic mass is 35.5. The highest BCUT2D eigenvalue weighted by molar-refractivity contribution is 7.89. The summed E-state index contributed by atoms with van der Waals surface area (Å²) in [7, 11) is -3.77. The maximum atomic E-state index is 12.1. The van der Waals surface area contributed by atoms with Crippen molar-refractivity contribution in [3.8, 4) is 0 Å². The van der Waals surface area contributed by atoms with Crippen LogP contribution in [0.3, 0.4) is 0 Å². The van der Waals surface area contributed by atoms with E-state index in [1.165, 1.54) is 4.90 Å². The third kappa shape index (κ3) is 2.16. The first-order valence-corrected chi connectivity index (χ1v) is 8.32. The van der Waals surface area contributed by atoms with Crippen LogP contribution in [0.2, 0.25) is 5.02 Å². The number of carbonyl (C=O) groups excluding carboxylic acids is 1. The van der Waals surface area contributed by atoms with E-state index in [0.717, 1.165) is 11.7 Å². The van der Waals surface area contributed by atoms with Gasteiger partial charge in [-0.25, -0.2) is 13.6 Å². The summed E-state index contributed by atoms with van der Waals surface area (Å²) >= 11 is 7.13. The zero-order chi connectivity index (χ0) is 14.5. The first-order valence-electron chi connectivity index (χ1n) is 5.60. The summed E-state index contributed by atoms with van der Waals surface area (Å²) < 4.78 is 31.0. The normalized spacial score (nSPS) is 20.0. The van der Waals surface area contributed by atoms with Crippen LogP contribution in [-0.4, -0.2) is 34.9 Å². The molecule has 1 aliphatic rings. The minimum absolute atomic E-state index is 0.0198. The molecule has 1 atom stereocenters. The first kappa shape index (κ1) is 13.7. The maximum Gasteiger partial charge on any atom is 0.228 e. The predicted octanol–water partition coefficient (Wildman–Crippen LogP) is 0.739. The van der Waals surface area contributed by atoms with Gasteiger partial charge in [-0.2, -0.15) is 8.75 Å². The van der Waals surface area contributed by atoms with Crippen molar-refractivity contribution in [1.29, 1.82) is 0 Å². The molecule has 0 saturated carbocycles. The lowest BCUT2D eigenvalue weighted by Gasteiger charge is -2.18. The predicted molar refractivity (Wildman–Crippen MR) is 76.3 cm³/mol. The molecule has 1 fully saturated rings. The molecule has 2 aromatic rings. The highest BCUT2D eigenvalue weighted by Crippen LogP contribution is 2.36. The molecule has 0 spiro atoms. The Balaban J connectivity index is 2.10. The Bertz CT molecular complexity index is 804. The number of fused-ring (bicyclic) bond motifs is 1. The fourth-order valence-electron chi connectivity index (χ4n) is 2.18. The van der Waals surface area contributed by atoms with Crippen molar-refractivity contribution in [2.24, 2.45) is 5.14 Å². The zero-order valence-corrected chi connectivity index (χ0v) is 12.4. The molecule has 1 amide bonds. The molecule has 1 saturated heterocycles. The van der Waals surface area contributed by atoms with Crippen LogP contribution in [0.15, 0.2) is 12.1 Å². The van der Waals surface area contributed by atoms with Gasteiger partial charge >= 0.3 is 0 Å². The van der Waals surface area contributed by atoms with Crippen molar-refractivity contribution >= 4 is 56.0 Å². The number of halogens is 1. The number of hydrogen-bond donors (Lipinski definition) is 1. The summed E-state index contributed by atoms with van der Waals surface area (Å²) in [6.45, 7) is -0.0198. The molecule has 0 radical (unpaired) electrons. The van der Waals surface area contributed by atoms with Crippen LogP contribution < -0.4 is 10.0 Å². The molecule has 2 N–H and O–H groups in total. The van der Waals surface area contributed by atoms with E-state index in [9.17, 15) is 13.2 Å². The first-order chi connectivity index (χ1) is 9.38. The van der Waals surface area contributed by atoms with E-state index in [1.807, 2.05) is 0 Å². The Kier molecular flexibility index (Phi) is 3.16. The maximum absolute atomic E-state index is 12.1. The van der Waals surface area contributed by atoms with Gasteiger partial charge in [0.2, 0.25) is 15.9 Å². The molecule has 1 aromatic heterocycles. The fourth-order valence-corrected chi connectivity index (χ4v) is 3.71. The number of sulfonamides is 1. The Labute approximate surface area is 123 Å². The Morgan fingerprint density at radius 2 is 2.15 bits per heavy atom. The average Bonchev–Trinajstić information content (AvgIpc) is 2.95. The lowest BCUT2D eigenvalue weighted by molar-refractivity contribution is -0.117. The third-order valence-electron chi connectivity index (χ3n) is 3.18. The number of anilines is 1. The summed E-state index contributed by atoms with van der Waals surface area (Å²) in [6, 6.07) is 3.31. The van der Waals surface area contributed by atoms with Gasteiger partial charge in [-0.3, -0.25) is 4.79 Å². The van der Waals surface area contributed by atoms with Gasteiger partial charge in [-0.1, -0.05) is 11.6 Å². The van der Waals surface area contributed by atoms with Gasteiger partial charge in [0, 0.05) is 13.0 Å². The minimum Gasteiger partial charge on any atom is -0.308 e. The molecular weight excluding hydrogens is 324 g/mol. The molecule has 1 aromatic carbocycles. The Morgan fingerprint density at radius 3 is 2.80 bits per heavy atom. The Morgan fingerprint density at radius 1 is 1.40 bits per heavy atom. The zero-order valence-electron chi connectivity index (χ0n) is 9.98. The SMILES string of the molecule is NS(=O)(=O)C1CC(=O)N(c2c(Cl)ccc3nsnc23)C1. The molecule has 0 bridgehead atoms. The van der Waals surface area contributed by atoms with Crippen molar-refractivity contribution in [2.45, 2.75) is 11.7 Å². The van der Waals surface area contributed by atoms with E-state index in [-0.39, 0.29) is 18.9 Å². The standard InChI is InChI=1S/C10H9ClN4O3S2/c11-6-1-2-7-9(14-19-13-7)10(6)15-4-5(3-8(15)16)20(12,17)18/h1-2,5H,3-4H2,(H2,12,17,18). The van der Waals surface area contributed by atoms with Gasteiger partial charge in [0.05, 0.1) is 22.4 Å². The van der Waals surface area contributed by atoms with Gasteiger partial charge in [-0.15, -0.1) is 0 Å². The van der Waals surface area contributed by atoms with Crippen molar-refractivity contribution in [1.82, 2.24) is 8.75 Å². The summed E-state index contributed by atoms with van der Waals surface area (Å²) in [5.41, 5.74) is 1.50. The van der Waals surface area contributed by atoms with Gasteiger partial charge in [0.1, 0.15) is 16.3 Å². The van der Waals surface area contributed by atoms with Crippen molar-refractivity contribution in [2.75, 3.05) is 11.4 Å². The van der Waals surface area contributed by atoms with E-state index >= 15 is 0 Å². The second-order valence-corrected chi connectivity index (χ2v) is 7.23. The second-order valence-electron chi connectivity index (χ2n) is 4.45. The number of benzene rings is 1. The monoisotopic (exact) mass is 332 g/mol. The Hall–Kier alpha value is -1.29. The van der Waals surface area contributed by atoms with Gasteiger partial charge in [-0.05, 0) is 12.1 Å². The number of aromatic nitrogens is 2. The van der Waals surface area contributed by atoms with Gasteiger partial charge < -0.3 is 4.90 Å². The number of amides is 1. The lowest BCUT2D eigenvalue weighted by atomic mass is 10.2. The van der Waals surface area contributed by atoms with E-state index < -0.39 is 15.3 Å². The minimum atomic E-state index is -3.77. The largest absolute Gasteiger partial charge is 0.308 e. The molecular formula is C10H9ClN4O3S2. The second kappa shape index (κ2) is 4.62. The van der Waals surface area contributed by atoms with Crippen molar-refractivity contribution in [3.05, 3.63) is 17.2 Å². The number of nitrogens with two attached hydrogens (primary N) is 1. The summed E-state index contributed by atoms with van der Waals surface area (Å²) in [5, 5.41) is 4.51. The van der Waals surface area contributed by atoms with E-state index in [1.54, 1.807) is 12.1 Å². The fraction of sp³-hybridized carbons (Fsp3) is 0.300. The van der Waals surface area contributed by atoms with E-state index in [4.69, 9.17) is 16.7 Å². The number of rotatable bonds is 2. The molecule has 0 aliphatic carbocycles. The number of primary sulfonamides is 1. The molecule has 10 heteroatoms. The number of carbonyl (C=O) groups is 1. The number of nitrogens with zero attached hydrogens (tertiary/aromatic N) is 3. The molecule has 1 unspecified atom stereocenters. The molecule has 1 aliphatic heterocycles. The van der Waals surface area contributed by atoms with E-state index in [2.05, 4.69) is 8.75 Å². The molecule has 7 nitrogen and oxygen atoms in total. The topological polar surface area (TPSA) is 106 Å². The summed E-state index contributed by atoms with van der Waals surface area (Å²) in [4.78, 5) is 13.4. The van der Waals surface area contributed by atoms with E-state index in [0.29, 0.717) is 21.7 Å². The summed E-state index contributed by atoms with van der Waals surface area (Å²) in [6.07, 6.45) is -0.150. The summed E-state index contributed by atoms with van der Waals surface area (Å²) in [5.74, 6) is -0.341. The van der Waals surface area contributed by atoms with Crippen molar-refractivity contribution < 1.29 is 13.2 Å². The van der Waals surface area contributed by atoms with Crippen LogP contribution in [0.1, 0.15) is 6.42 Å². The molecule has 3 rings (SSSR count). The average molecular weight is 333 g/mol. The van der Waals surface area contributed by atoms with Gasteiger partial charge in [0.15, 0.2) is 0 Å². The third-order valence-corrected chi connectivity index (χ3v) is 5.27. The van der Waals surface area contributed by atoms with Crippen LogP contribution in [0.4, 0.5) is 5.69 Å². The molecule has 20 heavy (non-hydrogen) atoms. The lowest BCUT2D eigenvalue weighted by Crippen LogP contribution is -2.32. The van der Waals surface area contributed by atoms with Crippen LogP contribution >= 0.6 is 23.3 Å².